The maximum Gasteiger partial charge on any atom is 0.433 e. The average Bonchev–Trinajstić information content (AvgIpc) is 2.37. The number of Topliss-reactive ketones (excluding diaryl/α,β-unsaturated/α-hetero) is 1. The maximum atomic E-state index is 12.5. The number of hydrogen-bond acceptors (Lipinski definition) is 2. The molecule has 1 fully saturated rings. The van der Waals surface area contributed by atoms with Gasteiger partial charge in [0.05, 0.1) is 5.56 Å². The van der Waals surface area contributed by atoms with Gasteiger partial charge in [-0.2, -0.15) is 13.2 Å². The number of ketones is 1. The Kier molecular flexibility index (Phi) is 4.09. The predicted molar refractivity (Wildman–Crippen MR) is 69.8 cm³/mol. The summed E-state index contributed by atoms with van der Waals surface area (Å²) in [6.45, 7) is 1.85. The van der Waals surface area contributed by atoms with Crippen LogP contribution in [0.25, 0.3) is 0 Å². The summed E-state index contributed by atoms with van der Waals surface area (Å²) >= 11 is 5.78. The molecule has 1 aromatic rings. The second-order valence-corrected chi connectivity index (χ2v) is 5.84. The van der Waals surface area contributed by atoms with Crippen molar-refractivity contribution >= 4 is 17.4 Å². The van der Waals surface area contributed by atoms with Crippen molar-refractivity contribution in [1.82, 2.24) is 4.98 Å². The van der Waals surface area contributed by atoms with Crippen LogP contribution in [0.15, 0.2) is 12.1 Å². The fourth-order valence-corrected chi connectivity index (χ4v) is 2.89. The molecule has 1 aliphatic carbocycles. The summed E-state index contributed by atoms with van der Waals surface area (Å²) in [5.74, 6) is -0.205. The predicted octanol–water partition coefficient (Wildman–Crippen LogP) is 4.91. The second kappa shape index (κ2) is 5.35. The SMILES string of the molecule is CC1(C(=O)c2ccc(C(F)(F)F)nc2Cl)CCCCC1. The number of halogens is 4. The van der Waals surface area contributed by atoms with Gasteiger partial charge < -0.3 is 0 Å². The largest absolute Gasteiger partial charge is 0.433 e. The minimum atomic E-state index is -4.56. The summed E-state index contributed by atoms with van der Waals surface area (Å²) in [7, 11) is 0. The zero-order valence-electron chi connectivity index (χ0n) is 11.1. The van der Waals surface area contributed by atoms with E-state index < -0.39 is 17.3 Å². The average molecular weight is 306 g/mol. The summed E-state index contributed by atoms with van der Waals surface area (Å²) in [5.41, 5.74) is -1.53. The molecular formula is C14H15ClF3NO. The minimum Gasteiger partial charge on any atom is -0.293 e. The topological polar surface area (TPSA) is 30.0 Å². The van der Waals surface area contributed by atoms with E-state index in [0.717, 1.165) is 44.2 Å². The first-order valence-electron chi connectivity index (χ1n) is 6.53. The van der Waals surface area contributed by atoms with Gasteiger partial charge in [0.15, 0.2) is 5.78 Å². The third kappa shape index (κ3) is 2.97. The molecule has 0 radical (unpaired) electrons. The molecule has 1 heterocycles. The van der Waals surface area contributed by atoms with Gasteiger partial charge in [0.2, 0.25) is 0 Å². The number of hydrogen-bond donors (Lipinski definition) is 0. The molecule has 2 nitrogen and oxygen atoms in total. The Bertz CT molecular complexity index is 522. The summed E-state index contributed by atoms with van der Waals surface area (Å²) in [4.78, 5) is 15.8. The Morgan fingerprint density at radius 2 is 1.85 bits per heavy atom. The van der Waals surface area contributed by atoms with Crippen LogP contribution in [-0.4, -0.2) is 10.8 Å². The van der Waals surface area contributed by atoms with Crippen molar-refractivity contribution in [2.75, 3.05) is 0 Å². The highest BCUT2D eigenvalue weighted by Crippen LogP contribution is 2.40. The van der Waals surface area contributed by atoms with E-state index in [1.165, 1.54) is 0 Å². The third-order valence-electron chi connectivity index (χ3n) is 3.89. The van der Waals surface area contributed by atoms with Crippen LogP contribution in [0.4, 0.5) is 13.2 Å². The van der Waals surface area contributed by atoms with Crippen LogP contribution >= 0.6 is 11.6 Å². The van der Waals surface area contributed by atoms with Gasteiger partial charge >= 0.3 is 6.18 Å². The van der Waals surface area contributed by atoms with Crippen molar-refractivity contribution in [3.63, 3.8) is 0 Å². The molecule has 0 saturated heterocycles. The molecule has 0 bridgehead atoms. The van der Waals surface area contributed by atoms with Crippen molar-refractivity contribution in [2.24, 2.45) is 5.41 Å². The van der Waals surface area contributed by atoms with Gasteiger partial charge in [0.25, 0.3) is 0 Å². The maximum absolute atomic E-state index is 12.5. The monoisotopic (exact) mass is 305 g/mol. The second-order valence-electron chi connectivity index (χ2n) is 5.48. The molecule has 0 unspecified atom stereocenters. The number of aromatic nitrogens is 1. The first-order valence-corrected chi connectivity index (χ1v) is 6.90. The molecule has 1 aliphatic rings. The first-order chi connectivity index (χ1) is 9.24. The van der Waals surface area contributed by atoms with E-state index in [0.29, 0.717) is 0 Å². The highest BCUT2D eigenvalue weighted by molar-refractivity contribution is 6.33. The third-order valence-corrected chi connectivity index (χ3v) is 4.18. The van der Waals surface area contributed by atoms with E-state index in [-0.39, 0.29) is 16.5 Å². The number of pyridine rings is 1. The van der Waals surface area contributed by atoms with Crippen LogP contribution in [0.2, 0.25) is 5.15 Å². The highest BCUT2D eigenvalue weighted by atomic mass is 35.5. The molecule has 0 spiro atoms. The van der Waals surface area contributed by atoms with Gasteiger partial charge in [-0.05, 0) is 25.0 Å². The fraction of sp³-hybridized carbons (Fsp3) is 0.571. The number of nitrogens with zero attached hydrogens (tertiary/aromatic N) is 1. The molecule has 0 aromatic carbocycles. The van der Waals surface area contributed by atoms with E-state index in [1.807, 2.05) is 6.92 Å². The lowest BCUT2D eigenvalue weighted by Gasteiger charge is -2.32. The van der Waals surface area contributed by atoms with Crippen LogP contribution in [0.1, 0.15) is 55.1 Å². The van der Waals surface area contributed by atoms with Gasteiger partial charge in [-0.15, -0.1) is 0 Å². The lowest BCUT2D eigenvalue weighted by atomic mass is 9.71. The molecular weight excluding hydrogens is 291 g/mol. The highest BCUT2D eigenvalue weighted by Gasteiger charge is 2.38. The van der Waals surface area contributed by atoms with Gasteiger partial charge in [-0.25, -0.2) is 4.98 Å². The Morgan fingerprint density at radius 1 is 1.25 bits per heavy atom. The van der Waals surface area contributed by atoms with Crippen LogP contribution in [-0.2, 0) is 6.18 Å². The van der Waals surface area contributed by atoms with E-state index >= 15 is 0 Å². The molecule has 0 aliphatic heterocycles. The quantitative estimate of drug-likeness (QED) is 0.574. The molecule has 1 aromatic heterocycles. The molecule has 20 heavy (non-hydrogen) atoms. The number of alkyl halides is 3. The lowest BCUT2D eigenvalue weighted by Crippen LogP contribution is -2.30. The molecule has 6 heteroatoms. The van der Waals surface area contributed by atoms with Crippen LogP contribution < -0.4 is 0 Å². The minimum absolute atomic E-state index is 0.0871. The summed E-state index contributed by atoms with van der Waals surface area (Å²) in [6, 6.07) is 1.95. The molecule has 1 saturated carbocycles. The van der Waals surface area contributed by atoms with Crippen molar-refractivity contribution < 1.29 is 18.0 Å². The molecule has 0 atom stereocenters. The molecule has 110 valence electrons. The number of carbonyl (C=O) groups is 1. The Hall–Kier alpha value is -1.10. The van der Waals surface area contributed by atoms with Crippen molar-refractivity contribution in [3.8, 4) is 0 Å². The van der Waals surface area contributed by atoms with Crippen LogP contribution in [0, 0.1) is 5.41 Å². The van der Waals surface area contributed by atoms with Crippen molar-refractivity contribution in [1.29, 1.82) is 0 Å². The smallest absolute Gasteiger partial charge is 0.293 e. The zero-order chi connectivity index (χ0) is 15.0. The Labute approximate surface area is 120 Å². The van der Waals surface area contributed by atoms with E-state index in [2.05, 4.69) is 4.98 Å². The standard InChI is InChI=1S/C14H15ClF3NO/c1-13(7-3-2-4-8-13)11(20)9-5-6-10(14(16,17)18)19-12(9)15/h5-6H,2-4,7-8H2,1H3. The van der Waals surface area contributed by atoms with Crippen molar-refractivity contribution in [2.45, 2.75) is 45.2 Å². The van der Waals surface area contributed by atoms with Crippen LogP contribution in [0.3, 0.4) is 0 Å². The number of rotatable bonds is 2. The van der Waals surface area contributed by atoms with E-state index in [4.69, 9.17) is 11.6 Å². The van der Waals surface area contributed by atoms with Crippen LogP contribution in [0.5, 0.6) is 0 Å². The first kappa shape index (κ1) is 15.3. The van der Waals surface area contributed by atoms with Gasteiger partial charge in [0, 0.05) is 5.41 Å². The summed E-state index contributed by atoms with van der Waals surface area (Å²) < 4.78 is 37.6. The zero-order valence-corrected chi connectivity index (χ0v) is 11.8. The molecule has 2 rings (SSSR count). The fourth-order valence-electron chi connectivity index (χ4n) is 2.65. The molecule has 0 amide bonds. The van der Waals surface area contributed by atoms with E-state index in [1.54, 1.807) is 0 Å². The number of carbonyl (C=O) groups excluding carboxylic acids is 1. The van der Waals surface area contributed by atoms with Gasteiger partial charge in [-0.3, -0.25) is 4.79 Å². The van der Waals surface area contributed by atoms with Gasteiger partial charge in [-0.1, -0.05) is 37.8 Å². The normalized spacial score (nSPS) is 18.9. The Morgan fingerprint density at radius 3 is 2.35 bits per heavy atom. The van der Waals surface area contributed by atoms with Gasteiger partial charge in [0.1, 0.15) is 10.8 Å². The Balaban J connectivity index is 2.31. The molecule has 0 N–H and O–H groups in total. The van der Waals surface area contributed by atoms with E-state index in [9.17, 15) is 18.0 Å². The van der Waals surface area contributed by atoms with Crippen molar-refractivity contribution in [3.05, 3.63) is 28.5 Å². The summed E-state index contributed by atoms with van der Waals surface area (Å²) in [6.07, 6.45) is -0.0873. The summed E-state index contributed by atoms with van der Waals surface area (Å²) in [5, 5.41) is -0.364. The lowest BCUT2D eigenvalue weighted by molar-refractivity contribution is -0.141.